The maximum atomic E-state index is 8.68. The number of pyridine rings is 1. The molecule has 0 spiro atoms. The fourth-order valence-electron chi connectivity index (χ4n) is 2.64. The lowest BCUT2D eigenvalue weighted by Crippen LogP contribution is -2.30. The van der Waals surface area contributed by atoms with E-state index < -0.39 is 0 Å². The van der Waals surface area contributed by atoms with Crippen LogP contribution in [-0.4, -0.2) is 22.1 Å². The highest BCUT2D eigenvalue weighted by Crippen LogP contribution is 2.29. The van der Waals surface area contributed by atoms with Crippen molar-refractivity contribution < 1.29 is 9.94 Å². The summed E-state index contributed by atoms with van der Waals surface area (Å²) in [7, 11) is 0. The van der Waals surface area contributed by atoms with Crippen LogP contribution >= 0.6 is 0 Å². The molecule has 5 heteroatoms. The summed E-state index contributed by atoms with van der Waals surface area (Å²) in [6.45, 7) is 2.20. The van der Waals surface area contributed by atoms with Crippen molar-refractivity contribution in [2.75, 3.05) is 0 Å². The molecule has 0 bridgehead atoms. The minimum absolute atomic E-state index is 0.0722. The van der Waals surface area contributed by atoms with Gasteiger partial charge in [0.05, 0.1) is 0 Å². The molecular weight excluding hydrogens is 242 g/mol. The van der Waals surface area contributed by atoms with Crippen molar-refractivity contribution in [3.63, 3.8) is 0 Å². The van der Waals surface area contributed by atoms with Gasteiger partial charge in [0.25, 0.3) is 0 Å². The molecule has 1 aliphatic rings. The van der Waals surface area contributed by atoms with Gasteiger partial charge >= 0.3 is 0 Å². The maximum absolute atomic E-state index is 8.68. The molecule has 1 aliphatic carbocycles. The van der Waals surface area contributed by atoms with Crippen LogP contribution in [0.15, 0.2) is 23.5 Å². The van der Waals surface area contributed by atoms with Crippen molar-refractivity contribution >= 4 is 5.84 Å². The van der Waals surface area contributed by atoms with Crippen LogP contribution in [0.5, 0.6) is 5.88 Å². The lowest BCUT2D eigenvalue weighted by molar-refractivity contribution is 0.0858. The summed E-state index contributed by atoms with van der Waals surface area (Å²) in [5.74, 6) is 1.22. The van der Waals surface area contributed by atoms with E-state index in [0.29, 0.717) is 17.4 Å². The van der Waals surface area contributed by atoms with Crippen LogP contribution in [0.4, 0.5) is 0 Å². The van der Waals surface area contributed by atoms with Gasteiger partial charge in [-0.1, -0.05) is 18.5 Å². The first kappa shape index (κ1) is 13.6. The molecular formula is C14H21N3O2. The Labute approximate surface area is 113 Å². The number of nitrogens with two attached hydrogens (primary N) is 1. The van der Waals surface area contributed by atoms with Gasteiger partial charge < -0.3 is 15.7 Å². The third kappa shape index (κ3) is 3.36. The van der Waals surface area contributed by atoms with E-state index in [1.807, 2.05) is 0 Å². The van der Waals surface area contributed by atoms with Gasteiger partial charge in [0.1, 0.15) is 6.10 Å². The Morgan fingerprint density at radius 2 is 2.32 bits per heavy atom. The highest BCUT2D eigenvalue weighted by Gasteiger charge is 2.25. The van der Waals surface area contributed by atoms with E-state index in [4.69, 9.17) is 15.7 Å². The number of oxime groups is 1. The highest BCUT2D eigenvalue weighted by molar-refractivity contribution is 5.97. The predicted octanol–water partition coefficient (Wildman–Crippen LogP) is 2.52. The number of aromatic nitrogens is 1. The highest BCUT2D eigenvalue weighted by atomic mass is 16.5. The molecule has 3 N–H and O–H groups in total. The van der Waals surface area contributed by atoms with E-state index in [1.54, 1.807) is 18.3 Å². The number of hydrogen-bond donors (Lipinski definition) is 2. The van der Waals surface area contributed by atoms with Crippen molar-refractivity contribution in [1.29, 1.82) is 0 Å². The average molecular weight is 263 g/mol. The van der Waals surface area contributed by atoms with Crippen LogP contribution in [0.25, 0.3) is 0 Å². The zero-order chi connectivity index (χ0) is 13.7. The first-order valence-corrected chi connectivity index (χ1v) is 6.85. The van der Waals surface area contributed by atoms with Gasteiger partial charge in [-0.25, -0.2) is 4.98 Å². The van der Waals surface area contributed by atoms with Gasteiger partial charge in [-0.3, -0.25) is 0 Å². The molecule has 2 rings (SSSR count). The van der Waals surface area contributed by atoms with Crippen LogP contribution in [0.1, 0.15) is 44.6 Å². The zero-order valence-corrected chi connectivity index (χ0v) is 11.2. The lowest BCUT2D eigenvalue weighted by Gasteiger charge is -2.30. The topological polar surface area (TPSA) is 80.7 Å². The second-order valence-corrected chi connectivity index (χ2v) is 4.98. The van der Waals surface area contributed by atoms with E-state index in [0.717, 1.165) is 12.8 Å². The average Bonchev–Trinajstić information content (AvgIpc) is 2.47. The number of hydrogen-bond acceptors (Lipinski definition) is 4. The van der Waals surface area contributed by atoms with Gasteiger partial charge in [-0.2, -0.15) is 0 Å². The number of ether oxygens (including phenoxy) is 1. The first-order chi connectivity index (χ1) is 9.24. The molecule has 1 aromatic rings. The monoisotopic (exact) mass is 263 g/mol. The van der Waals surface area contributed by atoms with Crippen LogP contribution in [0, 0.1) is 5.92 Å². The van der Waals surface area contributed by atoms with E-state index in [9.17, 15) is 0 Å². The fourth-order valence-corrected chi connectivity index (χ4v) is 2.64. The SMILES string of the molecule is CCC1CCCCC1Oc1cc(/C(N)=N/O)ccn1. The molecule has 19 heavy (non-hydrogen) atoms. The molecule has 2 unspecified atom stereocenters. The first-order valence-electron chi connectivity index (χ1n) is 6.85. The minimum Gasteiger partial charge on any atom is -0.474 e. The molecule has 1 saturated carbocycles. The maximum Gasteiger partial charge on any atom is 0.214 e. The Morgan fingerprint density at radius 3 is 3.05 bits per heavy atom. The Hall–Kier alpha value is -1.78. The van der Waals surface area contributed by atoms with E-state index in [-0.39, 0.29) is 11.9 Å². The Balaban J connectivity index is 2.09. The standard InChI is InChI=1S/C14H21N3O2/c1-2-10-5-3-4-6-12(10)19-13-9-11(7-8-16-13)14(15)17-18/h7-10,12,18H,2-6H2,1H3,(H2,15,17). The smallest absolute Gasteiger partial charge is 0.214 e. The largest absolute Gasteiger partial charge is 0.474 e. The van der Waals surface area contributed by atoms with E-state index in [1.165, 1.54) is 19.3 Å². The lowest BCUT2D eigenvalue weighted by atomic mass is 9.85. The van der Waals surface area contributed by atoms with Gasteiger partial charge in [0.15, 0.2) is 5.84 Å². The summed E-state index contributed by atoms with van der Waals surface area (Å²) in [5.41, 5.74) is 6.19. The zero-order valence-electron chi connectivity index (χ0n) is 11.2. The molecule has 0 amide bonds. The van der Waals surface area contributed by atoms with Gasteiger partial charge in [0.2, 0.25) is 5.88 Å². The third-order valence-electron chi connectivity index (χ3n) is 3.77. The van der Waals surface area contributed by atoms with Crippen LogP contribution < -0.4 is 10.5 Å². The fraction of sp³-hybridized carbons (Fsp3) is 0.571. The van der Waals surface area contributed by atoms with Crippen molar-refractivity contribution in [2.24, 2.45) is 16.8 Å². The molecule has 1 heterocycles. The van der Waals surface area contributed by atoms with E-state index in [2.05, 4.69) is 17.1 Å². The molecule has 5 nitrogen and oxygen atoms in total. The van der Waals surface area contributed by atoms with Crippen molar-refractivity contribution in [2.45, 2.75) is 45.1 Å². The number of nitrogens with zero attached hydrogens (tertiary/aromatic N) is 2. The summed E-state index contributed by atoms with van der Waals surface area (Å²) in [5, 5.41) is 11.7. The molecule has 0 aliphatic heterocycles. The summed E-state index contributed by atoms with van der Waals surface area (Å²) < 4.78 is 5.99. The predicted molar refractivity (Wildman–Crippen MR) is 73.4 cm³/mol. The minimum atomic E-state index is 0.0722. The Bertz CT molecular complexity index is 448. The van der Waals surface area contributed by atoms with Gasteiger partial charge in [0, 0.05) is 17.8 Å². The van der Waals surface area contributed by atoms with Crippen molar-refractivity contribution in [1.82, 2.24) is 4.98 Å². The van der Waals surface area contributed by atoms with Gasteiger partial charge in [-0.05, 0) is 37.7 Å². The quantitative estimate of drug-likeness (QED) is 0.378. The molecule has 2 atom stereocenters. The number of amidine groups is 1. The molecule has 0 saturated heterocycles. The summed E-state index contributed by atoms with van der Waals surface area (Å²) in [6, 6.07) is 3.41. The van der Waals surface area contributed by atoms with Crippen LogP contribution in [0.3, 0.4) is 0 Å². The summed E-state index contributed by atoms with van der Waals surface area (Å²) in [4.78, 5) is 4.20. The molecule has 1 fully saturated rings. The van der Waals surface area contributed by atoms with Crippen molar-refractivity contribution in [3.05, 3.63) is 23.9 Å². The normalized spacial score (nSPS) is 24.2. The summed E-state index contributed by atoms with van der Waals surface area (Å²) >= 11 is 0. The number of rotatable bonds is 4. The second-order valence-electron chi connectivity index (χ2n) is 4.98. The molecule has 104 valence electrons. The molecule has 1 aromatic heterocycles. The third-order valence-corrected chi connectivity index (χ3v) is 3.77. The Kier molecular flexibility index (Phi) is 4.60. The second kappa shape index (κ2) is 6.41. The molecule has 0 radical (unpaired) electrons. The van der Waals surface area contributed by atoms with Crippen molar-refractivity contribution in [3.8, 4) is 5.88 Å². The van der Waals surface area contributed by atoms with E-state index >= 15 is 0 Å². The van der Waals surface area contributed by atoms with Crippen LogP contribution in [0.2, 0.25) is 0 Å². The Morgan fingerprint density at radius 1 is 1.53 bits per heavy atom. The van der Waals surface area contributed by atoms with Crippen LogP contribution in [-0.2, 0) is 0 Å². The summed E-state index contributed by atoms with van der Waals surface area (Å²) in [6.07, 6.45) is 7.78. The van der Waals surface area contributed by atoms with Gasteiger partial charge in [-0.15, -0.1) is 0 Å². The molecule has 0 aromatic carbocycles.